The van der Waals surface area contributed by atoms with Gasteiger partial charge in [0.2, 0.25) is 5.91 Å². The maximum atomic E-state index is 12.1. The second-order valence-corrected chi connectivity index (χ2v) is 5.08. The van der Waals surface area contributed by atoms with Crippen LogP contribution in [0.4, 0.5) is 11.4 Å². The maximum absolute atomic E-state index is 12.1. The van der Waals surface area contributed by atoms with Gasteiger partial charge in [-0.2, -0.15) is 0 Å². The predicted octanol–water partition coefficient (Wildman–Crippen LogP) is 3.00. The number of rotatable bonds is 6. The van der Waals surface area contributed by atoms with E-state index in [1.165, 1.54) is 24.3 Å². The number of amides is 2. The Balaban J connectivity index is 2.12. The molecule has 128 valence electrons. The molecule has 7 nitrogen and oxygen atoms in total. The number of benzene rings is 2. The molecule has 7 heteroatoms. The minimum atomic E-state index is -0.500. The molecule has 2 aromatic carbocycles. The molecule has 0 radical (unpaired) electrons. The maximum Gasteiger partial charge on any atom is 0.270 e. The summed E-state index contributed by atoms with van der Waals surface area (Å²) < 4.78 is 0. The minimum absolute atomic E-state index is 0.0517. The highest BCUT2D eigenvalue weighted by atomic mass is 16.6. The average molecular weight is 339 g/mol. The lowest BCUT2D eigenvalue weighted by Gasteiger charge is -2.09. The molecular formula is C18H17N3O4. The van der Waals surface area contributed by atoms with Gasteiger partial charge >= 0.3 is 0 Å². The van der Waals surface area contributed by atoms with E-state index >= 15 is 0 Å². The van der Waals surface area contributed by atoms with Gasteiger partial charge < -0.3 is 10.6 Å². The second kappa shape index (κ2) is 8.39. The van der Waals surface area contributed by atoms with Gasteiger partial charge in [-0.15, -0.1) is 0 Å². The third-order valence-electron chi connectivity index (χ3n) is 3.28. The van der Waals surface area contributed by atoms with Crippen LogP contribution in [0.5, 0.6) is 0 Å². The Labute approximate surface area is 144 Å². The van der Waals surface area contributed by atoms with Gasteiger partial charge in [0.1, 0.15) is 0 Å². The summed E-state index contributed by atoms with van der Waals surface area (Å²) in [6.07, 6.45) is 2.73. The summed E-state index contributed by atoms with van der Waals surface area (Å²) in [5.41, 5.74) is 1.23. The van der Waals surface area contributed by atoms with Crippen molar-refractivity contribution < 1.29 is 14.5 Å². The Bertz CT molecular complexity index is 831. The standard InChI is InChI=1S/C18H17N3O4/c1-2-19-18(23)15-8-3-4-9-16(15)20-17(22)11-10-13-6-5-7-14(12-13)21(24)25/h3-12H,2H2,1H3,(H,19,23)(H,20,22)/b11-10+. The molecule has 0 saturated heterocycles. The van der Waals surface area contributed by atoms with E-state index < -0.39 is 10.8 Å². The van der Waals surface area contributed by atoms with Gasteiger partial charge in [0.25, 0.3) is 11.6 Å². The van der Waals surface area contributed by atoms with Gasteiger partial charge in [0.15, 0.2) is 0 Å². The van der Waals surface area contributed by atoms with Crippen LogP contribution in [0.25, 0.3) is 6.08 Å². The molecule has 0 fully saturated rings. The lowest BCUT2D eigenvalue weighted by atomic mass is 10.1. The van der Waals surface area contributed by atoms with E-state index in [0.717, 1.165) is 0 Å². The molecule has 0 aliphatic carbocycles. The van der Waals surface area contributed by atoms with Gasteiger partial charge in [-0.05, 0) is 30.7 Å². The molecular weight excluding hydrogens is 322 g/mol. The van der Waals surface area contributed by atoms with Crippen molar-refractivity contribution in [1.29, 1.82) is 0 Å². The van der Waals surface area contributed by atoms with Crippen LogP contribution in [0, 0.1) is 10.1 Å². The van der Waals surface area contributed by atoms with E-state index in [-0.39, 0.29) is 11.6 Å². The van der Waals surface area contributed by atoms with Crippen molar-refractivity contribution in [3.05, 3.63) is 75.8 Å². The number of hydrogen-bond donors (Lipinski definition) is 2. The zero-order chi connectivity index (χ0) is 18.2. The molecule has 0 aliphatic rings. The van der Waals surface area contributed by atoms with E-state index in [2.05, 4.69) is 10.6 Å². The van der Waals surface area contributed by atoms with Crippen molar-refractivity contribution in [3.63, 3.8) is 0 Å². The molecule has 2 N–H and O–H groups in total. The smallest absolute Gasteiger partial charge is 0.270 e. The molecule has 0 unspecified atom stereocenters. The highest BCUT2D eigenvalue weighted by molar-refractivity contribution is 6.07. The number of anilines is 1. The molecule has 0 atom stereocenters. The summed E-state index contributed by atoms with van der Waals surface area (Å²) in [5, 5.41) is 16.1. The van der Waals surface area contributed by atoms with Crippen LogP contribution in [0.2, 0.25) is 0 Å². The second-order valence-electron chi connectivity index (χ2n) is 5.08. The lowest BCUT2D eigenvalue weighted by Crippen LogP contribution is -2.24. The van der Waals surface area contributed by atoms with Crippen LogP contribution in [0.3, 0.4) is 0 Å². The Kier molecular flexibility index (Phi) is 6.00. The van der Waals surface area contributed by atoms with Crippen molar-refractivity contribution >= 4 is 29.3 Å². The van der Waals surface area contributed by atoms with E-state index in [1.807, 2.05) is 0 Å². The third kappa shape index (κ3) is 5.00. The summed E-state index contributed by atoms with van der Waals surface area (Å²) >= 11 is 0. The van der Waals surface area contributed by atoms with Crippen LogP contribution < -0.4 is 10.6 Å². The average Bonchev–Trinajstić information content (AvgIpc) is 2.61. The Morgan fingerprint density at radius 3 is 2.64 bits per heavy atom. The molecule has 0 heterocycles. The first kappa shape index (κ1) is 17.9. The summed E-state index contributed by atoms with van der Waals surface area (Å²) in [6, 6.07) is 12.6. The largest absolute Gasteiger partial charge is 0.352 e. The minimum Gasteiger partial charge on any atom is -0.352 e. The normalized spacial score (nSPS) is 10.4. The Morgan fingerprint density at radius 2 is 1.92 bits per heavy atom. The number of nitro benzene ring substituents is 1. The summed E-state index contributed by atoms with van der Waals surface area (Å²) in [4.78, 5) is 34.3. The Hall–Kier alpha value is -3.48. The number of nitrogens with one attached hydrogen (secondary N) is 2. The van der Waals surface area contributed by atoms with Crippen LogP contribution in [-0.2, 0) is 4.79 Å². The monoisotopic (exact) mass is 339 g/mol. The van der Waals surface area contributed by atoms with E-state index in [0.29, 0.717) is 23.4 Å². The predicted molar refractivity (Wildman–Crippen MR) is 95.2 cm³/mol. The molecule has 2 rings (SSSR count). The fourth-order valence-corrected chi connectivity index (χ4v) is 2.13. The third-order valence-corrected chi connectivity index (χ3v) is 3.28. The summed E-state index contributed by atoms with van der Waals surface area (Å²) in [7, 11) is 0. The molecule has 0 spiro atoms. The van der Waals surface area contributed by atoms with Crippen molar-refractivity contribution in [3.8, 4) is 0 Å². The molecule has 0 bridgehead atoms. The van der Waals surface area contributed by atoms with E-state index in [9.17, 15) is 19.7 Å². The van der Waals surface area contributed by atoms with Crippen LogP contribution >= 0.6 is 0 Å². The van der Waals surface area contributed by atoms with Gasteiger partial charge in [0.05, 0.1) is 16.2 Å². The number of nitro groups is 1. The molecule has 2 amide bonds. The molecule has 25 heavy (non-hydrogen) atoms. The number of para-hydroxylation sites is 1. The first-order chi connectivity index (χ1) is 12.0. The molecule has 0 aliphatic heterocycles. The first-order valence-electron chi connectivity index (χ1n) is 7.62. The highest BCUT2D eigenvalue weighted by Gasteiger charge is 2.11. The van der Waals surface area contributed by atoms with Gasteiger partial charge in [-0.1, -0.05) is 24.3 Å². The molecule has 0 saturated carbocycles. The van der Waals surface area contributed by atoms with Crippen LogP contribution in [0.15, 0.2) is 54.6 Å². The number of non-ortho nitro benzene ring substituents is 1. The zero-order valence-electron chi connectivity index (χ0n) is 13.6. The number of carbonyl (C=O) groups is 2. The van der Waals surface area contributed by atoms with Crippen LogP contribution in [0.1, 0.15) is 22.8 Å². The quantitative estimate of drug-likeness (QED) is 0.480. The first-order valence-corrected chi connectivity index (χ1v) is 7.62. The van der Waals surface area contributed by atoms with Crippen LogP contribution in [-0.4, -0.2) is 23.3 Å². The SMILES string of the molecule is CCNC(=O)c1ccccc1NC(=O)/C=C/c1cccc([N+](=O)[O-])c1. The van der Waals surface area contributed by atoms with Crippen molar-refractivity contribution in [2.45, 2.75) is 6.92 Å². The Morgan fingerprint density at radius 1 is 1.16 bits per heavy atom. The van der Waals surface area contributed by atoms with Gasteiger partial charge in [-0.25, -0.2) is 0 Å². The van der Waals surface area contributed by atoms with Crippen molar-refractivity contribution in [2.75, 3.05) is 11.9 Å². The topological polar surface area (TPSA) is 101 Å². The molecule has 2 aromatic rings. The number of nitrogens with zero attached hydrogens (tertiary/aromatic N) is 1. The van der Waals surface area contributed by atoms with Gasteiger partial charge in [0, 0.05) is 24.8 Å². The van der Waals surface area contributed by atoms with Crippen molar-refractivity contribution in [1.82, 2.24) is 5.32 Å². The fourth-order valence-electron chi connectivity index (χ4n) is 2.13. The summed E-state index contributed by atoms with van der Waals surface area (Å²) in [5.74, 6) is -0.718. The van der Waals surface area contributed by atoms with E-state index in [4.69, 9.17) is 0 Å². The lowest BCUT2D eigenvalue weighted by molar-refractivity contribution is -0.384. The van der Waals surface area contributed by atoms with Crippen molar-refractivity contribution in [2.24, 2.45) is 0 Å². The fraction of sp³-hybridized carbons (Fsp3) is 0.111. The molecule has 0 aromatic heterocycles. The summed E-state index contributed by atoms with van der Waals surface area (Å²) in [6.45, 7) is 2.29. The highest BCUT2D eigenvalue weighted by Crippen LogP contribution is 2.16. The zero-order valence-corrected chi connectivity index (χ0v) is 13.6. The number of carbonyl (C=O) groups excluding carboxylic acids is 2. The number of hydrogen-bond acceptors (Lipinski definition) is 4. The van der Waals surface area contributed by atoms with E-state index in [1.54, 1.807) is 43.3 Å². The van der Waals surface area contributed by atoms with Gasteiger partial charge in [-0.3, -0.25) is 19.7 Å².